The number of carbonyl (C=O) groups excluding carboxylic acids is 1. The van der Waals surface area contributed by atoms with Gasteiger partial charge in [-0.3, -0.25) is 19.8 Å². The molecule has 2 rings (SSSR count). The van der Waals surface area contributed by atoms with Crippen molar-refractivity contribution in [2.45, 2.75) is 19.4 Å². The highest BCUT2D eigenvalue weighted by molar-refractivity contribution is 5.91. The van der Waals surface area contributed by atoms with E-state index in [2.05, 4.69) is 15.5 Å². The Balaban J connectivity index is 2.06. The summed E-state index contributed by atoms with van der Waals surface area (Å²) in [6.45, 7) is 1.78. The number of benzene rings is 1. The van der Waals surface area contributed by atoms with Crippen molar-refractivity contribution < 1.29 is 4.79 Å². The van der Waals surface area contributed by atoms with Gasteiger partial charge < -0.3 is 11.1 Å². The first kappa shape index (κ1) is 13.1. The van der Waals surface area contributed by atoms with E-state index in [1.165, 1.54) is 6.07 Å². The van der Waals surface area contributed by atoms with E-state index >= 15 is 0 Å². The van der Waals surface area contributed by atoms with Crippen LogP contribution in [-0.2, 0) is 4.79 Å². The van der Waals surface area contributed by atoms with E-state index < -0.39 is 0 Å². The van der Waals surface area contributed by atoms with Gasteiger partial charge in [0.25, 0.3) is 5.56 Å². The number of anilines is 1. The second kappa shape index (κ2) is 5.53. The third kappa shape index (κ3) is 3.56. The van der Waals surface area contributed by atoms with Gasteiger partial charge in [0, 0.05) is 24.2 Å². The summed E-state index contributed by atoms with van der Waals surface area (Å²) in [6.07, 6.45) is 0.285. The summed E-state index contributed by atoms with van der Waals surface area (Å²) >= 11 is 0. The first-order valence-electron chi connectivity index (χ1n) is 5.98. The van der Waals surface area contributed by atoms with Gasteiger partial charge in [-0.2, -0.15) is 0 Å². The number of amides is 1. The lowest BCUT2D eigenvalue weighted by atomic mass is 10.1. The number of hydrogen-bond donors (Lipinski definition) is 4. The van der Waals surface area contributed by atoms with Crippen LogP contribution in [0.5, 0.6) is 0 Å². The normalized spacial score (nSPS) is 12.1. The molecule has 1 heterocycles. The van der Waals surface area contributed by atoms with E-state index in [-0.39, 0.29) is 23.9 Å². The molecule has 2 aromatic rings. The summed E-state index contributed by atoms with van der Waals surface area (Å²) in [5, 5.41) is 8.00. The molecule has 0 spiro atoms. The molecule has 0 bridgehead atoms. The maximum atomic E-state index is 11.5. The standard InChI is InChI=1S/C13H16N4O2/c1-8(14)6-12(18)15-10-4-2-9(3-5-10)11-7-13(19)17-16-11/h2-5,7-8H,6,14H2,1H3,(H,15,18)(H2,16,17,19). The fourth-order valence-electron chi connectivity index (χ4n) is 1.73. The van der Waals surface area contributed by atoms with E-state index in [1.807, 2.05) is 12.1 Å². The van der Waals surface area contributed by atoms with E-state index in [0.29, 0.717) is 11.4 Å². The largest absolute Gasteiger partial charge is 0.327 e. The zero-order valence-corrected chi connectivity index (χ0v) is 10.6. The molecule has 0 radical (unpaired) electrons. The van der Waals surface area contributed by atoms with Crippen molar-refractivity contribution in [3.05, 3.63) is 40.7 Å². The van der Waals surface area contributed by atoms with Crippen molar-refractivity contribution >= 4 is 11.6 Å². The van der Waals surface area contributed by atoms with Crippen LogP contribution >= 0.6 is 0 Å². The Morgan fingerprint density at radius 3 is 2.53 bits per heavy atom. The van der Waals surface area contributed by atoms with E-state index in [9.17, 15) is 9.59 Å². The predicted octanol–water partition coefficient (Wildman–Crippen LogP) is 1.05. The molecule has 0 fully saturated rings. The second-order valence-corrected chi connectivity index (χ2v) is 4.48. The number of nitrogens with one attached hydrogen (secondary N) is 3. The number of aromatic amines is 2. The van der Waals surface area contributed by atoms with Gasteiger partial charge in [0.15, 0.2) is 0 Å². The molecule has 0 saturated heterocycles. The average molecular weight is 260 g/mol. The van der Waals surface area contributed by atoms with Crippen LogP contribution in [0.4, 0.5) is 5.69 Å². The Labute approximate surface area is 110 Å². The maximum Gasteiger partial charge on any atom is 0.264 e. The molecule has 0 saturated carbocycles. The quantitative estimate of drug-likeness (QED) is 0.660. The van der Waals surface area contributed by atoms with Gasteiger partial charge >= 0.3 is 0 Å². The van der Waals surface area contributed by atoms with Crippen LogP contribution in [-0.4, -0.2) is 22.1 Å². The number of rotatable bonds is 4. The highest BCUT2D eigenvalue weighted by Gasteiger charge is 2.06. The Morgan fingerprint density at radius 2 is 2.00 bits per heavy atom. The van der Waals surface area contributed by atoms with Gasteiger partial charge in [0.1, 0.15) is 0 Å². The number of nitrogens with two attached hydrogens (primary N) is 1. The van der Waals surface area contributed by atoms with Crippen LogP contribution in [0.1, 0.15) is 13.3 Å². The van der Waals surface area contributed by atoms with Crippen molar-refractivity contribution in [2.75, 3.05) is 5.32 Å². The molecule has 1 atom stereocenters. The van der Waals surface area contributed by atoms with Gasteiger partial charge in [0.2, 0.25) is 5.91 Å². The molecule has 5 N–H and O–H groups in total. The molecule has 0 aliphatic carbocycles. The van der Waals surface area contributed by atoms with E-state index in [1.54, 1.807) is 19.1 Å². The average Bonchev–Trinajstić information content (AvgIpc) is 2.75. The van der Waals surface area contributed by atoms with Crippen LogP contribution in [0, 0.1) is 0 Å². The Morgan fingerprint density at radius 1 is 1.32 bits per heavy atom. The molecule has 0 aliphatic heterocycles. The summed E-state index contributed by atoms with van der Waals surface area (Å²) in [5.74, 6) is -0.113. The summed E-state index contributed by atoms with van der Waals surface area (Å²) in [7, 11) is 0. The summed E-state index contributed by atoms with van der Waals surface area (Å²) < 4.78 is 0. The highest BCUT2D eigenvalue weighted by atomic mass is 16.1. The molecular formula is C13H16N4O2. The molecule has 19 heavy (non-hydrogen) atoms. The lowest BCUT2D eigenvalue weighted by Gasteiger charge is -2.07. The Hall–Kier alpha value is -2.34. The van der Waals surface area contributed by atoms with Crippen molar-refractivity contribution in [1.29, 1.82) is 0 Å². The number of hydrogen-bond acceptors (Lipinski definition) is 3. The van der Waals surface area contributed by atoms with Crippen LogP contribution in [0.2, 0.25) is 0 Å². The fourth-order valence-corrected chi connectivity index (χ4v) is 1.73. The molecule has 1 amide bonds. The molecule has 6 heteroatoms. The minimum Gasteiger partial charge on any atom is -0.327 e. The number of H-pyrrole nitrogens is 2. The molecule has 1 aromatic heterocycles. The van der Waals surface area contributed by atoms with Crippen LogP contribution in [0.25, 0.3) is 11.3 Å². The lowest BCUT2D eigenvalue weighted by molar-refractivity contribution is -0.116. The van der Waals surface area contributed by atoms with Gasteiger partial charge in [-0.15, -0.1) is 0 Å². The molecule has 6 nitrogen and oxygen atoms in total. The van der Waals surface area contributed by atoms with Crippen molar-refractivity contribution in [1.82, 2.24) is 10.2 Å². The molecule has 0 aliphatic rings. The maximum absolute atomic E-state index is 11.5. The van der Waals surface area contributed by atoms with Gasteiger partial charge in [-0.25, -0.2) is 0 Å². The zero-order chi connectivity index (χ0) is 13.8. The topological polar surface area (TPSA) is 104 Å². The fraction of sp³-hybridized carbons (Fsp3) is 0.231. The van der Waals surface area contributed by atoms with Gasteiger partial charge in [-0.1, -0.05) is 12.1 Å². The third-order valence-corrected chi connectivity index (χ3v) is 2.58. The van der Waals surface area contributed by atoms with Gasteiger partial charge in [-0.05, 0) is 24.6 Å². The summed E-state index contributed by atoms with van der Waals surface area (Å²) in [4.78, 5) is 22.6. The second-order valence-electron chi connectivity index (χ2n) is 4.48. The van der Waals surface area contributed by atoms with E-state index in [4.69, 9.17) is 5.73 Å². The van der Waals surface area contributed by atoms with Crippen molar-refractivity contribution in [2.24, 2.45) is 5.73 Å². The highest BCUT2D eigenvalue weighted by Crippen LogP contribution is 2.18. The first-order chi connectivity index (χ1) is 9.04. The molecule has 1 aromatic carbocycles. The van der Waals surface area contributed by atoms with Crippen molar-refractivity contribution in [3.63, 3.8) is 0 Å². The van der Waals surface area contributed by atoms with Crippen LogP contribution < -0.4 is 16.6 Å². The SMILES string of the molecule is CC(N)CC(=O)Nc1ccc(-c2cc(=O)[nH][nH]2)cc1. The van der Waals surface area contributed by atoms with Crippen LogP contribution in [0.15, 0.2) is 35.1 Å². The van der Waals surface area contributed by atoms with Gasteiger partial charge in [0.05, 0.1) is 5.69 Å². The molecule has 1 unspecified atom stereocenters. The minimum absolute atomic E-state index is 0.113. The van der Waals surface area contributed by atoms with Crippen LogP contribution in [0.3, 0.4) is 0 Å². The number of aromatic nitrogens is 2. The summed E-state index contributed by atoms with van der Waals surface area (Å²) in [6, 6.07) is 8.51. The Bertz CT molecular complexity index is 610. The lowest BCUT2D eigenvalue weighted by Crippen LogP contribution is -2.23. The first-order valence-corrected chi connectivity index (χ1v) is 5.98. The Kier molecular flexibility index (Phi) is 3.82. The zero-order valence-electron chi connectivity index (χ0n) is 10.6. The third-order valence-electron chi connectivity index (χ3n) is 2.58. The number of carbonyl (C=O) groups is 1. The minimum atomic E-state index is -0.177. The predicted molar refractivity (Wildman–Crippen MR) is 73.7 cm³/mol. The monoisotopic (exact) mass is 260 g/mol. The molecular weight excluding hydrogens is 244 g/mol. The molecule has 100 valence electrons. The van der Waals surface area contributed by atoms with Crippen molar-refractivity contribution in [3.8, 4) is 11.3 Å². The van der Waals surface area contributed by atoms with E-state index in [0.717, 1.165) is 5.56 Å². The summed E-state index contributed by atoms with van der Waals surface area (Å²) in [5.41, 5.74) is 7.65. The smallest absolute Gasteiger partial charge is 0.264 e.